The lowest BCUT2D eigenvalue weighted by atomic mass is 10.1. The van der Waals surface area contributed by atoms with Crippen LogP contribution in [0.3, 0.4) is 0 Å². The number of carbonyl (C=O) groups is 2. The zero-order valence-corrected chi connectivity index (χ0v) is 18.8. The Balaban J connectivity index is 0.00000289. The Bertz CT molecular complexity index is 1210. The molecule has 3 heterocycles. The number of nitrogens with zero attached hydrogens (tertiary/aromatic N) is 3. The van der Waals surface area contributed by atoms with Crippen LogP contribution in [-0.4, -0.2) is 54.1 Å². The van der Waals surface area contributed by atoms with Gasteiger partial charge in [-0.3, -0.25) is 9.59 Å². The number of halogens is 1. The standard InChI is InChI=1S/C22H22BrN3O5.CH4/c1-3-30-22(29)18-19(14-6-4-5-7-15(14)24(2)21(18)28)25-10-12-26(13-11-25)20(27)16-8-9-17(23)31-16;/h4-9H,3,10-13H2,1-2H3;1H4. The fraction of sp³-hybridized carbons (Fsp3) is 0.348. The van der Waals surface area contributed by atoms with Crippen molar-refractivity contribution >= 4 is 44.4 Å². The fourth-order valence-corrected chi connectivity index (χ4v) is 4.22. The largest absolute Gasteiger partial charge is 0.462 e. The van der Waals surface area contributed by atoms with Crippen LogP contribution in [0.25, 0.3) is 10.9 Å². The molecule has 32 heavy (non-hydrogen) atoms. The maximum Gasteiger partial charge on any atom is 0.345 e. The normalized spacial score (nSPS) is 13.7. The summed E-state index contributed by atoms with van der Waals surface area (Å²) in [6.45, 7) is 3.69. The number of esters is 1. The van der Waals surface area contributed by atoms with Crippen LogP contribution in [0.5, 0.6) is 0 Å². The Kier molecular flexibility index (Phi) is 7.08. The summed E-state index contributed by atoms with van der Waals surface area (Å²) in [4.78, 5) is 42.2. The lowest BCUT2D eigenvalue weighted by Crippen LogP contribution is -2.49. The predicted molar refractivity (Wildman–Crippen MR) is 126 cm³/mol. The van der Waals surface area contributed by atoms with Crippen molar-refractivity contribution in [3.05, 3.63) is 62.7 Å². The molecule has 4 rings (SSSR count). The summed E-state index contributed by atoms with van der Waals surface area (Å²) in [7, 11) is 1.65. The van der Waals surface area contributed by atoms with Crippen molar-refractivity contribution < 1.29 is 18.7 Å². The Morgan fingerprint density at radius 3 is 2.41 bits per heavy atom. The third-order valence-corrected chi connectivity index (χ3v) is 5.85. The van der Waals surface area contributed by atoms with Gasteiger partial charge in [0.1, 0.15) is 5.56 Å². The fourth-order valence-electron chi connectivity index (χ4n) is 3.91. The van der Waals surface area contributed by atoms with E-state index < -0.39 is 11.5 Å². The Labute approximate surface area is 194 Å². The zero-order valence-electron chi connectivity index (χ0n) is 17.3. The number of ether oxygens (including phenoxy) is 1. The molecule has 3 aromatic rings. The van der Waals surface area contributed by atoms with E-state index in [1.807, 2.05) is 29.2 Å². The molecule has 1 saturated heterocycles. The molecule has 0 spiro atoms. The number of amides is 1. The Morgan fingerprint density at radius 2 is 1.78 bits per heavy atom. The molecule has 1 fully saturated rings. The van der Waals surface area contributed by atoms with Crippen LogP contribution in [0, 0.1) is 0 Å². The number of benzene rings is 1. The average Bonchev–Trinajstić information content (AvgIpc) is 3.22. The quantitative estimate of drug-likeness (QED) is 0.505. The van der Waals surface area contributed by atoms with Crippen LogP contribution in [0.4, 0.5) is 5.69 Å². The molecule has 170 valence electrons. The number of hydrogen-bond donors (Lipinski definition) is 0. The van der Waals surface area contributed by atoms with Gasteiger partial charge < -0.3 is 23.5 Å². The monoisotopic (exact) mass is 503 g/mol. The lowest BCUT2D eigenvalue weighted by Gasteiger charge is -2.37. The number of anilines is 1. The van der Waals surface area contributed by atoms with E-state index in [9.17, 15) is 14.4 Å². The Morgan fingerprint density at radius 1 is 1.09 bits per heavy atom. The summed E-state index contributed by atoms with van der Waals surface area (Å²) >= 11 is 3.21. The molecule has 9 heteroatoms. The van der Waals surface area contributed by atoms with Gasteiger partial charge in [0.15, 0.2) is 10.4 Å². The van der Waals surface area contributed by atoms with Crippen LogP contribution in [-0.2, 0) is 11.8 Å². The highest BCUT2D eigenvalue weighted by Crippen LogP contribution is 2.30. The van der Waals surface area contributed by atoms with E-state index in [1.54, 1.807) is 31.0 Å². The first-order valence-corrected chi connectivity index (χ1v) is 10.8. The van der Waals surface area contributed by atoms with Gasteiger partial charge >= 0.3 is 5.97 Å². The topological polar surface area (TPSA) is 85.0 Å². The van der Waals surface area contributed by atoms with Gasteiger partial charge in [0.25, 0.3) is 11.5 Å². The minimum atomic E-state index is -0.636. The number of carbonyl (C=O) groups excluding carboxylic acids is 2. The van der Waals surface area contributed by atoms with Gasteiger partial charge in [-0.2, -0.15) is 0 Å². The van der Waals surface area contributed by atoms with Crippen molar-refractivity contribution in [1.82, 2.24) is 9.47 Å². The van der Waals surface area contributed by atoms with Gasteiger partial charge in [-0.15, -0.1) is 0 Å². The number of rotatable bonds is 4. The molecule has 1 aliphatic rings. The third-order valence-electron chi connectivity index (χ3n) is 5.42. The van der Waals surface area contributed by atoms with E-state index in [0.717, 1.165) is 10.9 Å². The highest BCUT2D eigenvalue weighted by Gasteiger charge is 2.30. The van der Waals surface area contributed by atoms with Gasteiger partial charge in [-0.25, -0.2) is 4.79 Å². The average molecular weight is 504 g/mol. The van der Waals surface area contributed by atoms with E-state index in [4.69, 9.17) is 9.15 Å². The second-order valence-electron chi connectivity index (χ2n) is 7.21. The molecule has 0 unspecified atom stereocenters. The molecule has 0 aliphatic carbocycles. The van der Waals surface area contributed by atoms with E-state index >= 15 is 0 Å². The number of pyridine rings is 1. The van der Waals surface area contributed by atoms with Crippen LogP contribution in [0.1, 0.15) is 35.3 Å². The number of piperazine rings is 1. The van der Waals surface area contributed by atoms with E-state index in [2.05, 4.69) is 15.9 Å². The number of hydrogen-bond acceptors (Lipinski definition) is 6. The summed E-state index contributed by atoms with van der Waals surface area (Å²) in [5.74, 6) is -0.556. The molecule has 0 N–H and O–H groups in total. The predicted octanol–water partition coefficient (Wildman–Crippen LogP) is 3.67. The number of para-hydroxylation sites is 1. The number of aryl methyl sites for hydroxylation is 1. The van der Waals surface area contributed by atoms with Gasteiger partial charge in [0, 0.05) is 38.6 Å². The molecule has 0 saturated carbocycles. The summed E-state index contributed by atoms with van der Waals surface area (Å²) in [6, 6.07) is 10.8. The molecule has 0 atom stereocenters. The second-order valence-corrected chi connectivity index (χ2v) is 7.99. The SMILES string of the molecule is C.CCOC(=O)c1c(N2CCN(C(=O)c3ccc(Br)o3)CC2)c2ccccc2n(C)c1=O. The summed E-state index contributed by atoms with van der Waals surface area (Å²) in [5.41, 5.74) is 0.920. The van der Waals surface area contributed by atoms with Crippen molar-refractivity contribution in [2.24, 2.45) is 7.05 Å². The maximum absolute atomic E-state index is 13.1. The van der Waals surface area contributed by atoms with Gasteiger partial charge in [0.2, 0.25) is 0 Å². The zero-order chi connectivity index (χ0) is 22.1. The molecule has 2 aromatic heterocycles. The van der Waals surface area contributed by atoms with Gasteiger partial charge in [-0.1, -0.05) is 25.6 Å². The first-order valence-electron chi connectivity index (χ1n) is 10.0. The van der Waals surface area contributed by atoms with Crippen LogP contribution in [0.15, 0.2) is 50.3 Å². The number of fused-ring (bicyclic) bond motifs is 1. The minimum absolute atomic E-state index is 0. The van der Waals surface area contributed by atoms with Crippen LogP contribution in [0.2, 0.25) is 0 Å². The smallest absolute Gasteiger partial charge is 0.345 e. The van der Waals surface area contributed by atoms with Gasteiger partial charge in [-0.05, 0) is 41.1 Å². The highest BCUT2D eigenvalue weighted by molar-refractivity contribution is 9.10. The van der Waals surface area contributed by atoms with Crippen molar-refractivity contribution in [3.63, 3.8) is 0 Å². The molecule has 0 radical (unpaired) electrons. The minimum Gasteiger partial charge on any atom is -0.462 e. The van der Waals surface area contributed by atoms with Crippen LogP contribution < -0.4 is 10.5 Å². The maximum atomic E-state index is 13.1. The lowest BCUT2D eigenvalue weighted by molar-refractivity contribution is 0.0523. The van der Waals surface area contributed by atoms with Crippen molar-refractivity contribution in [3.8, 4) is 0 Å². The molecule has 1 aliphatic heterocycles. The number of aromatic nitrogens is 1. The highest BCUT2D eigenvalue weighted by atomic mass is 79.9. The summed E-state index contributed by atoms with van der Waals surface area (Å²) in [5, 5.41) is 0.794. The molecular weight excluding hydrogens is 478 g/mol. The molecular formula is C23H26BrN3O5. The number of furan rings is 1. The third kappa shape index (κ3) is 4.17. The molecule has 0 bridgehead atoms. The summed E-state index contributed by atoms with van der Waals surface area (Å²) < 4.78 is 12.6. The Hall–Kier alpha value is -3.07. The van der Waals surface area contributed by atoms with E-state index in [-0.39, 0.29) is 31.3 Å². The first kappa shape index (κ1) is 23.6. The molecule has 1 amide bonds. The first-order chi connectivity index (χ1) is 14.9. The summed E-state index contributed by atoms with van der Waals surface area (Å²) in [6.07, 6.45) is 0. The molecule has 8 nitrogen and oxygen atoms in total. The van der Waals surface area contributed by atoms with E-state index in [0.29, 0.717) is 36.5 Å². The van der Waals surface area contributed by atoms with Crippen LogP contribution >= 0.6 is 15.9 Å². The second kappa shape index (κ2) is 9.60. The van der Waals surface area contributed by atoms with Crippen molar-refractivity contribution in [1.29, 1.82) is 0 Å². The molecule has 1 aromatic carbocycles. The van der Waals surface area contributed by atoms with Crippen molar-refractivity contribution in [2.75, 3.05) is 37.7 Å². The van der Waals surface area contributed by atoms with Gasteiger partial charge in [0.05, 0.1) is 17.8 Å². The van der Waals surface area contributed by atoms with E-state index in [1.165, 1.54) is 4.57 Å². The van der Waals surface area contributed by atoms with Crippen molar-refractivity contribution in [2.45, 2.75) is 14.4 Å².